The summed E-state index contributed by atoms with van der Waals surface area (Å²) in [5.74, 6) is 0.758. The Hall–Kier alpha value is -1.34. The highest BCUT2D eigenvalue weighted by atomic mass is 127. The third-order valence-corrected chi connectivity index (χ3v) is 3.80. The number of ether oxygens (including phenoxy) is 1. The first-order chi connectivity index (χ1) is 9.11. The van der Waals surface area contributed by atoms with Crippen LogP contribution in [0.25, 0.3) is 0 Å². The minimum absolute atomic E-state index is 0.357. The van der Waals surface area contributed by atoms with Crippen LogP contribution in [0.1, 0.15) is 5.56 Å². The van der Waals surface area contributed by atoms with E-state index >= 15 is 0 Å². The lowest BCUT2D eigenvalue weighted by Crippen LogP contribution is -2.12. The van der Waals surface area contributed by atoms with Gasteiger partial charge in [0.25, 0.3) is 0 Å². The van der Waals surface area contributed by atoms with E-state index in [1.807, 2.05) is 42.5 Å². The molecule has 0 aliphatic rings. The lowest BCUT2D eigenvalue weighted by atomic mass is 10.1. The number of benzene rings is 2. The van der Waals surface area contributed by atoms with Crippen molar-refractivity contribution in [1.82, 2.24) is 0 Å². The van der Waals surface area contributed by atoms with Crippen molar-refractivity contribution in [3.63, 3.8) is 0 Å². The highest BCUT2D eigenvalue weighted by Gasteiger charge is 2.08. The number of nitrogens with one attached hydrogen (secondary N) is 1. The van der Waals surface area contributed by atoms with Gasteiger partial charge in [-0.2, -0.15) is 0 Å². The molecule has 0 aromatic heterocycles. The van der Waals surface area contributed by atoms with Gasteiger partial charge in [0.1, 0.15) is 10.7 Å². The normalized spacial score (nSPS) is 10.0. The Morgan fingerprint density at radius 2 is 1.95 bits per heavy atom. The second-order valence-corrected chi connectivity index (χ2v) is 5.48. The zero-order valence-electron chi connectivity index (χ0n) is 10.3. The first-order valence-electron chi connectivity index (χ1n) is 5.61. The second kappa shape index (κ2) is 6.21. The number of hydrogen-bond donors (Lipinski definition) is 2. The molecule has 0 heterocycles. The summed E-state index contributed by atoms with van der Waals surface area (Å²) in [6.07, 6.45) is 0. The van der Waals surface area contributed by atoms with Gasteiger partial charge >= 0.3 is 0 Å². The molecule has 0 atom stereocenters. The van der Waals surface area contributed by atoms with Crippen molar-refractivity contribution in [2.24, 2.45) is 5.73 Å². The van der Waals surface area contributed by atoms with Gasteiger partial charge in [0, 0.05) is 15.2 Å². The third kappa shape index (κ3) is 3.36. The van der Waals surface area contributed by atoms with E-state index in [0.29, 0.717) is 4.99 Å². The number of anilines is 2. The molecule has 0 unspecified atom stereocenters. The molecule has 19 heavy (non-hydrogen) atoms. The Bertz CT molecular complexity index is 616. The largest absolute Gasteiger partial charge is 0.497 e. The fourth-order valence-corrected chi connectivity index (χ4v) is 2.38. The lowest BCUT2D eigenvalue weighted by molar-refractivity contribution is 0.415. The Morgan fingerprint density at radius 3 is 2.58 bits per heavy atom. The Balaban J connectivity index is 2.43. The van der Waals surface area contributed by atoms with Gasteiger partial charge in [-0.05, 0) is 46.9 Å². The fourth-order valence-electron chi connectivity index (χ4n) is 1.68. The van der Waals surface area contributed by atoms with E-state index in [1.54, 1.807) is 7.11 Å². The number of rotatable bonds is 4. The molecule has 2 aromatic rings. The molecule has 3 nitrogen and oxygen atoms in total. The zero-order chi connectivity index (χ0) is 13.8. The molecule has 0 saturated carbocycles. The maximum atomic E-state index is 5.75. The van der Waals surface area contributed by atoms with Gasteiger partial charge in [-0.1, -0.05) is 24.4 Å². The summed E-state index contributed by atoms with van der Waals surface area (Å²) < 4.78 is 6.35. The van der Waals surface area contributed by atoms with Crippen LogP contribution in [0, 0.1) is 3.57 Å². The molecular weight excluding hydrogens is 371 g/mol. The molecule has 0 bridgehead atoms. The van der Waals surface area contributed by atoms with Gasteiger partial charge in [-0.15, -0.1) is 0 Å². The van der Waals surface area contributed by atoms with Crippen LogP contribution in [0.4, 0.5) is 11.4 Å². The Kier molecular flexibility index (Phi) is 4.60. The SMILES string of the molecule is COc1ccc(C(N)=S)c(Nc2ccccc2I)c1. The molecule has 2 rings (SSSR count). The summed E-state index contributed by atoms with van der Waals surface area (Å²) in [5.41, 5.74) is 8.40. The van der Waals surface area contributed by atoms with Gasteiger partial charge < -0.3 is 15.8 Å². The van der Waals surface area contributed by atoms with Crippen molar-refractivity contribution < 1.29 is 4.74 Å². The van der Waals surface area contributed by atoms with Crippen molar-refractivity contribution in [2.45, 2.75) is 0 Å². The molecular formula is C14H13IN2OS. The molecule has 0 aliphatic heterocycles. The van der Waals surface area contributed by atoms with E-state index in [9.17, 15) is 0 Å². The van der Waals surface area contributed by atoms with Crippen LogP contribution < -0.4 is 15.8 Å². The number of halogens is 1. The molecule has 0 amide bonds. The smallest absolute Gasteiger partial charge is 0.120 e. The van der Waals surface area contributed by atoms with Crippen LogP contribution in [0.5, 0.6) is 5.75 Å². The molecule has 2 aromatic carbocycles. The molecule has 0 aliphatic carbocycles. The Morgan fingerprint density at radius 1 is 1.21 bits per heavy atom. The van der Waals surface area contributed by atoms with Crippen LogP contribution in [-0.2, 0) is 0 Å². The van der Waals surface area contributed by atoms with Crippen LogP contribution in [0.15, 0.2) is 42.5 Å². The van der Waals surface area contributed by atoms with Crippen molar-refractivity contribution in [3.8, 4) is 5.75 Å². The van der Waals surface area contributed by atoms with E-state index < -0.39 is 0 Å². The zero-order valence-corrected chi connectivity index (χ0v) is 13.3. The first kappa shape index (κ1) is 14.1. The molecule has 98 valence electrons. The number of thiocarbonyl (C=S) groups is 1. The van der Waals surface area contributed by atoms with Gasteiger partial charge in [-0.25, -0.2) is 0 Å². The quantitative estimate of drug-likeness (QED) is 0.624. The molecule has 0 spiro atoms. The summed E-state index contributed by atoms with van der Waals surface area (Å²) in [4.78, 5) is 0.357. The summed E-state index contributed by atoms with van der Waals surface area (Å²) in [7, 11) is 1.63. The van der Waals surface area contributed by atoms with Gasteiger partial charge in [0.05, 0.1) is 18.5 Å². The maximum Gasteiger partial charge on any atom is 0.120 e. The lowest BCUT2D eigenvalue weighted by Gasteiger charge is -2.14. The topological polar surface area (TPSA) is 47.3 Å². The minimum atomic E-state index is 0.357. The van der Waals surface area contributed by atoms with E-state index in [4.69, 9.17) is 22.7 Å². The highest BCUT2D eigenvalue weighted by molar-refractivity contribution is 14.1. The Labute approximate surface area is 131 Å². The van der Waals surface area contributed by atoms with Crippen LogP contribution >= 0.6 is 34.8 Å². The van der Waals surface area contributed by atoms with E-state index in [1.165, 1.54) is 0 Å². The van der Waals surface area contributed by atoms with Gasteiger partial charge in [-0.3, -0.25) is 0 Å². The van der Waals surface area contributed by atoms with E-state index in [2.05, 4.69) is 27.9 Å². The predicted molar refractivity (Wildman–Crippen MR) is 91.3 cm³/mol. The van der Waals surface area contributed by atoms with E-state index in [-0.39, 0.29) is 0 Å². The summed E-state index contributed by atoms with van der Waals surface area (Å²) in [6, 6.07) is 13.6. The highest BCUT2D eigenvalue weighted by Crippen LogP contribution is 2.28. The standard InChI is InChI=1S/C14H13IN2OS/c1-18-9-6-7-10(14(16)19)13(8-9)17-12-5-3-2-4-11(12)15/h2-8,17H,1H3,(H2,16,19). The van der Waals surface area contributed by atoms with Crippen molar-refractivity contribution in [2.75, 3.05) is 12.4 Å². The van der Waals surface area contributed by atoms with Crippen molar-refractivity contribution in [1.29, 1.82) is 0 Å². The average molecular weight is 384 g/mol. The average Bonchev–Trinajstić information content (AvgIpc) is 2.41. The first-order valence-corrected chi connectivity index (χ1v) is 7.10. The number of nitrogens with two attached hydrogens (primary N) is 1. The van der Waals surface area contributed by atoms with Gasteiger partial charge in [0.15, 0.2) is 0 Å². The third-order valence-electron chi connectivity index (χ3n) is 2.64. The fraction of sp³-hybridized carbons (Fsp3) is 0.0714. The van der Waals surface area contributed by atoms with Crippen molar-refractivity contribution >= 4 is 51.2 Å². The van der Waals surface area contributed by atoms with E-state index in [0.717, 1.165) is 26.3 Å². The maximum absolute atomic E-state index is 5.75. The second-order valence-electron chi connectivity index (χ2n) is 3.88. The molecule has 5 heteroatoms. The number of methoxy groups -OCH3 is 1. The monoisotopic (exact) mass is 384 g/mol. The number of para-hydroxylation sites is 1. The molecule has 0 fully saturated rings. The minimum Gasteiger partial charge on any atom is -0.497 e. The summed E-state index contributed by atoms with van der Waals surface area (Å²) in [5, 5.41) is 3.34. The van der Waals surface area contributed by atoms with Crippen LogP contribution in [0.3, 0.4) is 0 Å². The summed E-state index contributed by atoms with van der Waals surface area (Å²) in [6.45, 7) is 0. The van der Waals surface area contributed by atoms with Crippen LogP contribution in [0.2, 0.25) is 0 Å². The number of hydrogen-bond acceptors (Lipinski definition) is 3. The predicted octanol–water partition coefficient (Wildman–Crippen LogP) is 3.68. The molecule has 0 radical (unpaired) electrons. The van der Waals surface area contributed by atoms with Crippen LogP contribution in [-0.4, -0.2) is 12.1 Å². The van der Waals surface area contributed by atoms with Crippen molar-refractivity contribution in [3.05, 3.63) is 51.6 Å². The molecule has 0 saturated heterocycles. The summed E-state index contributed by atoms with van der Waals surface area (Å²) >= 11 is 7.35. The molecule has 3 N–H and O–H groups in total. The van der Waals surface area contributed by atoms with Gasteiger partial charge in [0.2, 0.25) is 0 Å².